The van der Waals surface area contributed by atoms with E-state index in [0.717, 1.165) is 6.42 Å². The van der Waals surface area contributed by atoms with Gasteiger partial charge in [-0.15, -0.1) is 0 Å². The Hall–Kier alpha value is -1.22. The molecule has 0 N–H and O–H groups in total. The van der Waals surface area contributed by atoms with E-state index in [1.165, 1.54) is 37.1 Å². The summed E-state index contributed by atoms with van der Waals surface area (Å²) in [6, 6.07) is 5.67. The highest BCUT2D eigenvalue weighted by molar-refractivity contribution is 5.97. The van der Waals surface area contributed by atoms with Crippen LogP contribution >= 0.6 is 0 Å². The van der Waals surface area contributed by atoms with Crippen molar-refractivity contribution in [3.05, 3.63) is 35.6 Å². The zero-order valence-electron chi connectivity index (χ0n) is 13.0. The van der Waals surface area contributed by atoms with E-state index >= 15 is 0 Å². The van der Waals surface area contributed by atoms with E-state index in [1.807, 2.05) is 0 Å². The molecule has 0 heterocycles. The number of hydrogen-bond donors (Lipinski definition) is 0. The number of carbonyl (C=O) groups is 1. The van der Waals surface area contributed by atoms with Crippen LogP contribution < -0.4 is 0 Å². The van der Waals surface area contributed by atoms with Gasteiger partial charge in [0.15, 0.2) is 5.78 Å². The molecule has 3 rings (SSSR count). The zero-order chi connectivity index (χ0) is 15.3. The van der Waals surface area contributed by atoms with Gasteiger partial charge >= 0.3 is 0 Å². The summed E-state index contributed by atoms with van der Waals surface area (Å²) in [4.78, 5) is 12.1. The molecule has 3 atom stereocenters. The van der Waals surface area contributed by atoms with Gasteiger partial charge in [0.05, 0.1) is 6.10 Å². The van der Waals surface area contributed by atoms with Crippen LogP contribution in [-0.2, 0) is 4.74 Å². The first kappa shape index (κ1) is 14.7. The standard InChI is InChI=1S/C18H23FO2/c1-17(2)13-8-9-18(17,3)16(10-13)21-11-15(20)12-4-6-14(19)7-5-12/h4-7,13,16H,8-11H2,1-3H3. The van der Waals surface area contributed by atoms with Gasteiger partial charge in [0.25, 0.3) is 0 Å². The molecule has 0 radical (unpaired) electrons. The Balaban J connectivity index is 1.64. The Bertz CT molecular complexity index is 549. The molecule has 0 saturated heterocycles. The second-order valence-electron chi connectivity index (χ2n) is 7.34. The molecule has 1 aromatic carbocycles. The molecule has 0 aromatic heterocycles. The van der Waals surface area contributed by atoms with Gasteiger partial charge in [0.1, 0.15) is 12.4 Å². The molecule has 114 valence electrons. The van der Waals surface area contributed by atoms with Gasteiger partial charge in [-0.05, 0) is 60.3 Å². The molecule has 2 aliphatic carbocycles. The SMILES string of the molecule is CC1(C)C2CCC1(C)C(OCC(=O)c1ccc(F)cc1)C2. The van der Waals surface area contributed by atoms with Crippen molar-refractivity contribution in [3.8, 4) is 0 Å². The predicted molar refractivity (Wildman–Crippen MR) is 79.7 cm³/mol. The van der Waals surface area contributed by atoms with E-state index in [-0.39, 0.29) is 35.1 Å². The van der Waals surface area contributed by atoms with Gasteiger partial charge in [-0.25, -0.2) is 4.39 Å². The number of ketones is 1. The third kappa shape index (κ3) is 2.22. The topological polar surface area (TPSA) is 26.3 Å². The molecule has 2 nitrogen and oxygen atoms in total. The molecule has 2 aliphatic rings. The average Bonchev–Trinajstić information content (AvgIpc) is 2.78. The number of ether oxygens (including phenoxy) is 1. The van der Waals surface area contributed by atoms with Gasteiger partial charge < -0.3 is 4.74 Å². The first-order valence-electron chi connectivity index (χ1n) is 7.75. The fraction of sp³-hybridized carbons (Fsp3) is 0.611. The average molecular weight is 290 g/mol. The lowest BCUT2D eigenvalue weighted by molar-refractivity contribution is -0.0390. The maximum atomic E-state index is 12.9. The van der Waals surface area contributed by atoms with Crippen molar-refractivity contribution in [1.82, 2.24) is 0 Å². The Morgan fingerprint density at radius 3 is 2.48 bits per heavy atom. The number of halogens is 1. The maximum Gasteiger partial charge on any atom is 0.188 e. The summed E-state index contributed by atoms with van der Waals surface area (Å²) in [6.07, 6.45) is 3.67. The molecule has 21 heavy (non-hydrogen) atoms. The van der Waals surface area contributed by atoms with Gasteiger partial charge in [-0.1, -0.05) is 20.8 Å². The van der Waals surface area contributed by atoms with Crippen molar-refractivity contribution in [2.24, 2.45) is 16.7 Å². The zero-order valence-corrected chi connectivity index (χ0v) is 13.0. The van der Waals surface area contributed by atoms with Crippen LogP contribution in [-0.4, -0.2) is 18.5 Å². The summed E-state index contributed by atoms with van der Waals surface area (Å²) < 4.78 is 18.9. The van der Waals surface area contributed by atoms with Crippen LogP contribution in [0.3, 0.4) is 0 Å². The number of benzene rings is 1. The summed E-state index contributed by atoms with van der Waals surface area (Å²) in [5, 5.41) is 0. The molecule has 0 aliphatic heterocycles. The summed E-state index contributed by atoms with van der Waals surface area (Å²) in [5.74, 6) is 0.308. The molecule has 0 spiro atoms. The Morgan fingerprint density at radius 2 is 1.95 bits per heavy atom. The fourth-order valence-electron chi connectivity index (χ4n) is 4.28. The van der Waals surface area contributed by atoms with Crippen LogP contribution in [0.4, 0.5) is 4.39 Å². The molecular weight excluding hydrogens is 267 g/mol. The minimum atomic E-state index is -0.324. The minimum absolute atomic E-state index is 0.0702. The summed E-state index contributed by atoms with van der Waals surface area (Å²) in [7, 11) is 0. The molecule has 3 heteroatoms. The van der Waals surface area contributed by atoms with Crippen molar-refractivity contribution in [1.29, 1.82) is 0 Å². The second kappa shape index (κ2) is 4.91. The van der Waals surface area contributed by atoms with E-state index < -0.39 is 0 Å². The van der Waals surface area contributed by atoms with Crippen molar-refractivity contribution in [2.45, 2.75) is 46.1 Å². The van der Waals surface area contributed by atoms with E-state index in [4.69, 9.17) is 4.74 Å². The first-order chi connectivity index (χ1) is 9.84. The highest BCUT2D eigenvalue weighted by Crippen LogP contribution is 2.66. The van der Waals surface area contributed by atoms with Crippen LogP contribution in [0, 0.1) is 22.6 Å². The van der Waals surface area contributed by atoms with Crippen molar-refractivity contribution in [2.75, 3.05) is 6.61 Å². The number of rotatable bonds is 4. The molecule has 2 bridgehead atoms. The highest BCUT2D eigenvalue weighted by Gasteiger charge is 2.61. The van der Waals surface area contributed by atoms with Crippen molar-refractivity contribution < 1.29 is 13.9 Å². The first-order valence-corrected chi connectivity index (χ1v) is 7.75. The summed E-state index contributed by atoms with van der Waals surface area (Å²) in [6.45, 7) is 7.05. The van der Waals surface area contributed by atoms with Crippen molar-refractivity contribution in [3.63, 3.8) is 0 Å². The largest absolute Gasteiger partial charge is 0.369 e. The van der Waals surface area contributed by atoms with Crippen molar-refractivity contribution >= 4 is 5.78 Å². The van der Waals surface area contributed by atoms with E-state index in [2.05, 4.69) is 20.8 Å². The van der Waals surface area contributed by atoms with Crippen LogP contribution in [0.1, 0.15) is 50.4 Å². The number of carbonyl (C=O) groups excluding carboxylic acids is 1. The molecule has 3 unspecified atom stereocenters. The Morgan fingerprint density at radius 1 is 1.29 bits per heavy atom. The number of Topliss-reactive ketones (excluding diaryl/α,β-unsaturated/α-hetero) is 1. The maximum absolute atomic E-state index is 12.9. The summed E-state index contributed by atoms with van der Waals surface area (Å²) >= 11 is 0. The van der Waals surface area contributed by atoms with Crippen LogP contribution in [0.25, 0.3) is 0 Å². The molecule has 2 saturated carbocycles. The van der Waals surface area contributed by atoms with E-state index in [0.29, 0.717) is 11.5 Å². The van der Waals surface area contributed by atoms with Gasteiger partial charge in [-0.3, -0.25) is 4.79 Å². The van der Waals surface area contributed by atoms with Gasteiger partial charge in [0.2, 0.25) is 0 Å². The fourth-order valence-corrected chi connectivity index (χ4v) is 4.28. The van der Waals surface area contributed by atoms with Crippen LogP contribution in [0.15, 0.2) is 24.3 Å². The molecular formula is C18H23FO2. The number of fused-ring (bicyclic) bond motifs is 2. The summed E-state index contributed by atoms with van der Waals surface area (Å²) in [5.41, 5.74) is 0.973. The predicted octanol–water partition coefficient (Wildman–Crippen LogP) is 4.24. The normalized spacial score (nSPS) is 33.3. The minimum Gasteiger partial charge on any atom is -0.369 e. The Kier molecular flexibility index (Phi) is 3.44. The lowest BCUT2D eigenvalue weighted by Gasteiger charge is -2.38. The van der Waals surface area contributed by atoms with E-state index in [1.54, 1.807) is 0 Å². The highest BCUT2D eigenvalue weighted by atomic mass is 19.1. The molecule has 2 fully saturated rings. The smallest absolute Gasteiger partial charge is 0.188 e. The lowest BCUT2D eigenvalue weighted by atomic mass is 9.70. The molecule has 1 aromatic rings. The van der Waals surface area contributed by atoms with E-state index in [9.17, 15) is 9.18 Å². The third-order valence-electron chi connectivity index (χ3n) is 6.30. The molecule has 0 amide bonds. The van der Waals surface area contributed by atoms with Gasteiger partial charge in [-0.2, -0.15) is 0 Å². The van der Waals surface area contributed by atoms with Crippen LogP contribution in [0.2, 0.25) is 0 Å². The number of hydrogen-bond acceptors (Lipinski definition) is 2. The Labute approximate surface area is 125 Å². The van der Waals surface area contributed by atoms with Crippen LogP contribution in [0.5, 0.6) is 0 Å². The quantitative estimate of drug-likeness (QED) is 0.775. The monoisotopic (exact) mass is 290 g/mol. The second-order valence-corrected chi connectivity index (χ2v) is 7.34. The third-order valence-corrected chi connectivity index (χ3v) is 6.30. The lowest BCUT2D eigenvalue weighted by Crippen LogP contribution is -2.38. The van der Waals surface area contributed by atoms with Gasteiger partial charge in [0, 0.05) is 5.56 Å².